The van der Waals surface area contributed by atoms with E-state index in [-0.39, 0.29) is 6.04 Å². The van der Waals surface area contributed by atoms with Crippen LogP contribution >= 0.6 is 0 Å². The van der Waals surface area contributed by atoms with Crippen LogP contribution in [0.2, 0.25) is 0 Å². The first kappa shape index (κ1) is 11.9. The van der Waals surface area contributed by atoms with Gasteiger partial charge in [-0.15, -0.1) is 0 Å². The molecule has 1 N–H and O–H groups in total. The molecule has 0 aromatic carbocycles. The third-order valence-corrected chi connectivity index (χ3v) is 6.40. The fourth-order valence-electron chi connectivity index (χ4n) is 3.34. The van der Waals surface area contributed by atoms with Gasteiger partial charge in [0.25, 0.3) is 10.2 Å². The molecule has 0 aromatic rings. The number of piperidine rings is 1. The van der Waals surface area contributed by atoms with Gasteiger partial charge in [-0.3, -0.25) is 0 Å². The van der Waals surface area contributed by atoms with Crippen LogP contribution in [-0.2, 0) is 10.2 Å². The van der Waals surface area contributed by atoms with Crippen LogP contribution in [0.4, 0.5) is 0 Å². The molecule has 3 fully saturated rings. The number of fused-ring (bicyclic) bond motifs is 1. The zero-order chi connectivity index (χ0) is 11.9. The van der Waals surface area contributed by atoms with Gasteiger partial charge in [0.2, 0.25) is 0 Å². The fraction of sp³-hybridized carbons (Fsp3) is 1.00. The lowest BCUT2D eigenvalue weighted by Gasteiger charge is -2.32. The molecule has 0 amide bonds. The van der Waals surface area contributed by atoms with Gasteiger partial charge in [0, 0.05) is 32.2 Å². The first-order chi connectivity index (χ1) is 8.19. The third-order valence-electron chi connectivity index (χ3n) is 4.33. The Morgan fingerprint density at radius 3 is 2.53 bits per heavy atom. The minimum absolute atomic E-state index is 0.210. The average Bonchev–Trinajstić information content (AvgIpc) is 2.91. The zero-order valence-corrected chi connectivity index (χ0v) is 11.0. The number of rotatable bonds is 2. The highest BCUT2D eigenvalue weighted by molar-refractivity contribution is 7.86. The lowest BCUT2D eigenvalue weighted by Crippen LogP contribution is -2.49. The molecule has 3 saturated heterocycles. The van der Waals surface area contributed by atoms with Gasteiger partial charge in [0.05, 0.1) is 0 Å². The summed E-state index contributed by atoms with van der Waals surface area (Å²) in [5.41, 5.74) is 0. The monoisotopic (exact) mass is 259 g/mol. The molecule has 0 aliphatic carbocycles. The Morgan fingerprint density at radius 2 is 1.76 bits per heavy atom. The summed E-state index contributed by atoms with van der Waals surface area (Å²) in [6, 6.07) is 0.210. The van der Waals surface area contributed by atoms with Gasteiger partial charge in [-0.25, -0.2) is 0 Å². The maximum Gasteiger partial charge on any atom is 0.282 e. The average molecular weight is 259 g/mol. The topological polar surface area (TPSA) is 52.7 Å². The molecule has 0 saturated carbocycles. The van der Waals surface area contributed by atoms with Crippen molar-refractivity contribution in [2.24, 2.45) is 5.92 Å². The zero-order valence-electron chi connectivity index (χ0n) is 10.1. The van der Waals surface area contributed by atoms with Crippen molar-refractivity contribution in [1.82, 2.24) is 13.9 Å². The van der Waals surface area contributed by atoms with Crippen molar-refractivity contribution < 1.29 is 8.42 Å². The van der Waals surface area contributed by atoms with Gasteiger partial charge in [0.1, 0.15) is 0 Å². The molecule has 3 heterocycles. The van der Waals surface area contributed by atoms with Gasteiger partial charge in [-0.05, 0) is 31.7 Å². The molecule has 2 atom stereocenters. The Balaban J connectivity index is 1.77. The van der Waals surface area contributed by atoms with Crippen molar-refractivity contribution in [3.8, 4) is 0 Å². The van der Waals surface area contributed by atoms with Crippen LogP contribution in [0.1, 0.15) is 25.7 Å². The summed E-state index contributed by atoms with van der Waals surface area (Å²) in [6.07, 6.45) is 4.21. The van der Waals surface area contributed by atoms with E-state index in [1.165, 1.54) is 6.42 Å². The second-order valence-corrected chi connectivity index (χ2v) is 7.23. The highest BCUT2D eigenvalue weighted by atomic mass is 32.2. The van der Waals surface area contributed by atoms with Gasteiger partial charge in [-0.1, -0.05) is 6.42 Å². The van der Waals surface area contributed by atoms with Gasteiger partial charge < -0.3 is 5.32 Å². The molecule has 17 heavy (non-hydrogen) atoms. The van der Waals surface area contributed by atoms with E-state index in [0.29, 0.717) is 19.0 Å². The highest BCUT2D eigenvalue weighted by Gasteiger charge is 2.45. The predicted molar refractivity (Wildman–Crippen MR) is 65.8 cm³/mol. The summed E-state index contributed by atoms with van der Waals surface area (Å²) >= 11 is 0. The smallest absolute Gasteiger partial charge is 0.282 e. The van der Waals surface area contributed by atoms with Crippen molar-refractivity contribution in [2.75, 3.05) is 32.7 Å². The van der Waals surface area contributed by atoms with E-state index in [1.54, 1.807) is 8.61 Å². The predicted octanol–water partition coefficient (Wildman–Crippen LogP) is 0.0108. The van der Waals surface area contributed by atoms with Crippen LogP contribution < -0.4 is 5.32 Å². The second-order valence-electron chi connectivity index (χ2n) is 5.35. The Labute approximate surface area is 103 Å². The van der Waals surface area contributed by atoms with Crippen molar-refractivity contribution in [2.45, 2.75) is 31.7 Å². The van der Waals surface area contributed by atoms with E-state index in [0.717, 1.165) is 38.9 Å². The Hall–Kier alpha value is -0.170. The maximum atomic E-state index is 12.6. The molecule has 0 bridgehead atoms. The molecule has 0 radical (unpaired) electrons. The number of nitrogens with zero attached hydrogens (tertiary/aromatic N) is 2. The number of nitrogens with one attached hydrogen (secondary N) is 1. The quantitative estimate of drug-likeness (QED) is 0.760. The minimum atomic E-state index is -3.19. The van der Waals surface area contributed by atoms with Crippen LogP contribution in [0.25, 0.3) is 0 Å². The van der Waals surface area contributed by atoms with Crippen LogP contribution in [-0.4, -0.2) is 55.8 Å². The fourth-order valence-corrected chi connectivity index (χ4v) is 5.28. The van der Waals surface area contributed by atoms with Crippen LogP contribution in [0.15, 0.2) is 0 Å². The van der Waals surface area contributed by atoms with E-state index in [2.05, 4.69) is 5.32 Å². The van der Waals surface area contributed by atoms with Gasteiger partial charge >= 0.3 is 0 Å². The van der Waals surface area contributed by atoms with Crippen LogP contribution in [0.3, 0.4) is 0 Å². The Bertz CT molecular complexity index is 378. The summed E-state index contributed by atoms with van der Waals surface area (Å²) in [5, 5.41) is 3.30. The van der Waals surface area contributed by atoms with Crippen molar-refractivity contribution in [3.05, 3.63) is 0 Å². The third kappa shape index (κ3) is 2.01. The molecule has 98 valence electrons. The highest BCUT2D eigenvalue weighted by Crippen LogP contribution is 2.31. The molecule has 0 aromatic heterocycles. The van der Waals surface area contributed by atoms with Crippen LogP contribution in [0, 0.1) is 5.92 Å². The SMILES string of the molecule is O=S(=O)(N1CCCCC1)N1CC[C@@H]2CNC[C@@H]21. The molecule has 3 rings (SSSR count). The van der Waals surface area contributed by atoms with Crippen molar-refractivity contribution in [1.29, 1.82) is 0 Å². The molecular weight excluding hydrogens is 238 g/mol. The lowest BCUT2D eigenvalue weighted by atomic mass is 10.1. The summed E-state index contributed by atoms with van der Waals surface area (Å²) in [5.74, 6) is 0.537. The van der Waals surface area contributed by atoms with Gasteiger partial charge in [-0.2, -0.15) is 17.0 Å². The van der Waals surface area contributed by atoms with Crippen molar-refractivity contribution >= 4 is 10.2 Å². The summed E-state index contributed by atoms with van der Waals surface area (Å²) < 4.78 is 28.6. The Kier molecular flexibility index (Phi) is 3.15. The number of hydrogen-bond donors (Lipinski definition) is 1. The van der Waals surface area contributed by atoms with E-state index < -0.39 is 10.2 Å². The van der Waals surface area contributed by atoms with Gasteiger partial charge in [0.15, 0.2) is 0 Å². The molecule has 3 aliphatic heterocycles. The summed E-state index contributed by atoms with van der Waals surface area (Å²) in [4.78, 5) is 0. The molecule has 0 spiro atoms. The second kappa shape index (κ2) is 4.50. The van der Waals surface area contributed by atoms with Crippen molar-refractivity contribution in [3.63, 3.8) is 0 Å². The molecular formula is C11H21N3O2S. The summed E-state index contributed by atoms with van der Waals surface area (Å²) in [6.45, 7) is 3.96. The maximum absolute atomic E-state index is 12.6. The summed E-state index contributed by atoms with van der Waals surface area (Å²) in [7, 11) is -3.19. The first-order valence-corrected chi connectivity index (χ1v) is 8.07. The molecule has 0 unspecified atom stereocenters. The standard InChI is InChI=1S/C11H21N3O2S/c15-17(16,13-5-2-1-3-6-13)14-7-4-10-8-12-9-11(10)14/h10-12H,1-9H2/t10-,11+/m1/s1. The van der Waals surface area contributed by atoms with E-state index in [4.69, 9.17) is 0 Å². The number of hydrogen-bond acceptors (Lipinski definition) is 3. The largest absolute Gasteiger partial charge is 0.315 e. The Morgan fingerprint density at radius 1 is 1.00 bits per heavy atom. The van der Waals surface area contributed by atoms with E-state index in [1.807, 2.05) is 0 Å². The van der Waals surface area contributed by atoms with E-state index in [9.17, 15) is 8.42 Å². The normalized spacial score (nSPS) is 36.2. The first-order valence-electron chi connectivity index (χ1n) is 6.67. The molecule has 5 nitrogen and oxygen atoms in total. The molecule has 6 heteroatoms. The molecule has 3 aliphatic rings. The van der Waals surface area contributed by atoms with Crippen LogP contribution in [0.5, 0.6) is 0 Å². The lowest BCUT2D eigenvalue weighted by molar-refractivity contribution is 0.294. The van der Waals surface area contributed by atoms with E-state index >= 15 is 0 Å². The minimum Gasteiger partial charge on any atom is -0.315 e.